The van der Waals surface area contributed by atoms with Crippen molar-refractivity contribution in [2.75, 3.05) is 20.3 Å². The zero-order valence-electron chi connectivity index (χ0n) is 17.4. The third kappa shape index (κ3) is 4.62. The molecule has 1 unspecified atom stereocenters. The van der Waals surface area contributed by atoms with E-state index < -0.39 is 17.9 Å². The zero-order valence-corrected chi connectivity index (χ0v) is 17.4. The van der Waals surface area contributed by atoms with E-state index in [-0.39, 0.29) is 25.0 Å². The highest BCUT2D eigenvalue weighted by Crippen LogP contribution is 2.27. The zero-order chi connectivity index (χ0) is 21.7. The summed E-state index contributed by atoms with van der Waals surface area (Å²) in [7, 11) is 1.59. The average Bonchev–Trinajstić information content (AvgIpc) is 3.00. The molecule has 0 saturated carbocycles. The summed E-state index contributed by atoms with van der Waals surface area (Å²) in [6, 6.07) is 12.9. The first-order valence-corrected chi connectivity index (χ1v) is 9.94. The summed E-state index contributed by atoms with van der Waals surface area (Å²) in [5.74, 6) is 0.297. The molecule has 0 spiro atoms. The summed E-state index contributed by atoms with van der Waals surface area (Å²) in [5, 5.41) is 2.79. The second-order valence-electron chi connectivity index (χ2n) is 7.49. The molecule has 0 saturated heterocycles. The lowest BCUT2D eigenvalue weighted by molar-refractivity contribution is -0.125. The van der Waals surface area contributed by atoms with Crippen LogP contribution in [0.1, 0.15) is 41.0 Å². The van der Waals surface area contributed by atoms with Crippen molar-refractivity contribution in [2.45, 2.75) is 26.3 Å². The molecule has 0 aromatic heterocycles. The van der Waals surface area contributed by atoms with Crippen LogP contribution in [-0.2, 0) is 4.79 Å². The maximum Gasteiger partial charge on any atom is 0.262 e. The Morgan fingerprint density at radius 1 is 0.967 bits per heavy atom. The minimum atomic E-state index is -0.863. The monoisotopic (exact) mass is 410 g/mol. The fraction of sp³-hybridized carbons (Fsp3) is 0.348. The lowest BCUT2D eigenvalue weighted by Crippen LogP contribution is -2.50. The van der Waals surface area contributed by atoms with Crippen molar-refractivity contribution in [3.05, 3.63) is 59.7 Å². The van der Waals surface area contributed by atoms with Gasteiger partial charge in [0, 0.05) is 0 Å². The van der Waals surface area contributed by atoms with E-state index >= 15 is 0 Å². The standard InChI is InChI=1S/C23H26N2O5/c1-15(2)14-20(25-22(27)18-6-4-5-7-19(18)23(25)28)21(26)24-12-13-30-17-10-8-16(29-3)9-11-17/h4-11,15,20H,12-14H2,1-3H3,(H,24,26). The molecule has 0 fully saturated rings. The lowest BCUT2D eigenvalue weighted by Gasteiger charge is -2.26. The van der Waals surface area contributed by atoms with Crippen molar-refractivity contribution in [1.29, 1.82) is 0 Å². The molecule has 1 atom stereocenters. The molecule has 7 heteroatoms. The maximum absolute atomic E-state index is 12.9. The average molecular weight is 410 g/mol. The van der Waals surface area contributed by atoms with E-state index in [9.17, 15) is 14.4 Å². The number of ether oxygens (including phenoxy) is 2. The highest BCUT2D eigenvalue weighted by atomic mass is 16.5. The fourth-order valence-electron chi connectivity index (χ4n) is 3.40. The number of nitrogens with zero attached hydrogens (tertiary/aromatic N) is 1. The van der Waals surface area contributed by atoms with Crippen molar-refractivity contribution in [2.24, 2.45) is 5.92 Å². The van der Waals surface area contributed by atoms with Crippen molar-refractivity contribution in [1.82, 2.24) is 10.2 Å². The number of carbonyl (C=O) groups excluding carboxylic acids is 3. The van der Waals surface area contributed by atoms with Crippen molar-refractivity contribution >= 4 is 17.7 Å². The molecule has 2 aromatic rings. The molecule has 7 nitrogen and oxygen atoms in total. The molecule has 3 amide bonds. The molecule has 2 aromatic carbocycles. The Morgan fingerprint density at radius 3 is 2.07 bits per heavy atom. The van der Waals surface area contributed by atoms with Gasteiger partial charge in [-0.1, -0.05) is 26.0 Å². The molecule has 1 N–H and O–H groups in total. The Morgan fingerprint density at radius 2 is 1.53 bits per heavy atom. The Kier molecular flexibility index (Phi) is 6.72. The Labute approximate surface area is 176 Å². The van der Waals surface area contributed by atoms with Crippen LogP contribution in [0.3, 0.4) is 0 Å². The number of fused-ring (bicyclic) bond motifs is 1. The number of nitrogens with one attached hydrogen (secondary N) is 1. The van der Waals surface area contributed by atoms with Gasteiger partial charge in [-0.2, -0.15) is 0 Å². The first kappa shape index (κ1) is 21.4. The van der Waals surface area contributed by atoms with Gasteiger partial charge in [0.25, 0.3) is 11.8 Å². The first-order chi connectivity index (χ1) is 14.4. The van der Waals surface area contributed by atoms with Crippen LogP contribution in [0.25, 0.3) is 0 Å². The van der Waals surface area contributed by atoms with Crippen LogP contribution in [0.5, 0.6) is 11.5 Å². The lowest BCUT2D eigenvalue weighted by atomic mass is 10.0. The predicted octanol–water partition coefficient (Wildman–Crippen LogP) is 2.90. The topological polar surface area (TPSA) is 84.9 Å². The van der Waals surface area contributed by atoms with E-state index in [0.717, 1.165) is 10.6 Å². The molecule has 0 bridgehead atoms. The van der Waals surface area contributed by atoms with E-state index in [2.05, 4.69) is 5.32 Å². The van der Waals surface area contributed by atoms with Gasteiger partial charge in [-0.25, -0.2) is 0 Å². The Hall–Kier alpha value is -3.35. The number of imide groups is 1. The third-order valence-electron chi connectivity index (χ3n) is 4.86. The highest BCUT2D eigenvalue weighted by molar-refractivity contribution is 6.22. The van der Waals surface area contributed by atoms with Gasteiger partial charge in [0.1, 0.15) is 24.1 Å². The fourth-order valence-corrected chi connectivity index (χ4v) is 3.40. The van der Waals surface area contributed by atoms with Crippen LogP contribution in [0.4, 0.5) is 0 Å². The molecule has 1 aliphatic heterocycles. The third-order valence-corrected chi connectivity index (χ3v) is 4.86. The normalized spacial score (nSPS) is 13.9. The van der Waals surface area contributed by atoms with Crippen LogP contribution >= 0.6 is 0 Å². The van der Waals surface area contributed by atoms with Gasteiger partial charge in [0.2, 0.25) is 5.91 Å². The Bertz CT molecular complexity index is 888. The second kappa shape index (κ2) is 9.43. The Balaban J connectivity index is 1.62. The number of amides is 3. The molecule has 3 rings (SSSR count). The van der Waals surface area contributed by atoms with Gasteiger partial charge in [-0.05, 0) is 48.7 Å². The molecular weight excluding hydrogens is 384 g/mol. The van der Waals surface area contributed by atoms with Crippen LogP contribution in [-0.4, -0.2) is 48.9 Å². The summed E-state index contributed by atoms with van der Waals surface area (Å²) >= 11 is 0. The first-order valence-electron chi connectivity index (χ1n) is 9.94. The van der Waals surface area contributed by atoms with Gasteiger partial charge < -0.3 is 14.8 Å². The summed E-state index contributed by atoms with van der Waals surface area (Å²) in [5.41, 5.74) is 0.679. The van der Waals surface area contributed by atoms with E-state index in [1.165, 1.54) is 0 Å². The molecule has 0 radical (unpaired) electrons. The van der Waals surface area contributed by atoms with Crippen LogP contribution in [0.15, 0.2) is 48.5 Å². The van der Waals surface area contributed by atoms with E-state index in [1.807, 2.05) is 13.8 Å². The second-order valence-corrected chi connectivity index (χ2v) is 7.49. The summed E-state index contributed by atoms with van der Waals surface area (Å²) < 4.78 is 10.7. The maximum atomic E-state index is 12.9. The smallest absolute Gasteiger partial charge is 0.262 e. The van der Waals surface area contributed by atoms with Crippen LogP contribution in [0.2, 0.25) is 0 Å². The SMILES string of the molecule is COc1ccc(OCCNC(=O)C(CC(C)C)N2C(=O)c3ccccc3C2=O)cc1. The predicted molar refractivity (Wildman–Crippen MR) is 112 cm³/mol. The van der Waals surface area contributed by atoms with Gasteiger partial charge in [0.15, 0.2) is 0 Å². The molecular formula is C23H26N2O5. The van der Waals surface area contributed by atoms with Gasteiger partial charge in [-0.3, -0.25) is 19.3 Å². The summed E-state index contributed by atoms with van der Waals surface area (Å²) in [6.45, 7) is 4.41. The van der Waals surface area contributed by atoms with Crippen LogP contribution < -0.4 is 14.8 Å². The number of benzene rings is 2. The van der Waals surface area contributed by atoms with Gasteiger partial charge in [-0.15, -0.1) is 0 Å². The van der Waals surface area contributed by atoms with Gasteiger partial charge >= 0.3 is 0 Å². The summed E-state index contributed by atoms with van der Waals surface area (Å²) in [6.07, 6.45) is 0.386. The van der Waals surface area contributed by atoms with Gasteiger partial charge in [0.05, 0.1) is 24.8 Å². The number of carbonyl (C=O) groups is 3. The molecule has 1 aliphatic rings. The molecule has 0 aliphatic carbocycles. The summed E-state index contributed by atoms with van der Waals surface area (Å²) in [4.78, 5) is 39.5. The van der Waals surface area contributed by atoms with E-state index in [4.69, 9.17) is 9.47 Å². The quantitative estimate of drug-likeness (QED) is 0.508. The van der Waals surface area contributed by atoms with Crippen LogP contribution in [0, 0.1) is 5.92 Å². The van der Waals surface area contributed by atoms with E-state index in [0.29, 0.717) is 23.3 Å². The molecule has 30 heavy (non-hydrogen) atoms. The minimum absolute atomic E-state index is 0.126. The number of hydrogen-bond donors (Lipinski definition) is 1. The number of methoxy groups -OCH3 is 1. The minimum Gasteiger partial charge on any atom is -0.497 e. The number of rotatable bonds is 9. The molecule has 1 heterocycles. The van der Waals surface area contributed by atoms with E-state index in [1.54, 1.807) is 55.6 Å². The van der Waals surface area contributed by atoms with Crippen molar-refractivity contribution in [3.8, 4) is 11.5 Å². The largest absolute Gasteiger partial charge is 0.497 e. The number of hydrogen-bond acceptors (Lipinski definition) is 5. The van der Waals surface area contributed by atoms with Crippen molar-refractivity contribution < 1.29 is 23.9 Å². The molecule has 158 valence electrons. The highest BCUT2D eigenvalue weighted by Gasteiger charge is 2.42. The van der Waals surface area contributed by atoms with Crippen molar-refractivity contribution in [3.63, 3.8) is 0 Å².